The Morgan fingerprint density at radius 3 is 2.44 bits per heavy atom. The molecule has 0 aliphatic rings. The minimum Gasteiger partial charge on any atom is -0.484 e. The van der Waals surface area contributed by atoms with Crippen molar-refractivity contribution in [3.63, 3.8) is 0 Å². The highest BCUT2D eigenvalue weighted by molar-refractivity contribution is 9.10. The van der Waals surface area contributed by atoms with Crippen molar-refractivity contribution in [3.8, 4) is 17.0 Å². The largest absolute Gasteiger partial charge is 0.484 e. The minimum atomic E-state index is -0.519. The average Bonchev–Trinajstić information content (AvgIpc) is 3.05. The number of aromatic nitrogens is 2. The lowest BCUT2D eigenvalue weighted by molar-refractivity contribution is 0.0589. The van der Waals surface area contributed by atoms with E-state index in [0.29, 0.717) is 18.1 Å². The highest BCUT2D eigenvalue weighted by Gasteiger charge is 2.22. The molecule has 3 rings (SSSR count). The lowest BCUT2D eigenvalue weighted by Gasteiger charge is -2.09. The van der Waals surface area contributed by atoms with Gasteiger partial charge in [0, 0.05) is 10.0 Å². The number of hydrogen-bond donors (Lipinski definition) is 1. The number of carbonyl (C=O) groups excluding carboxylic acids is 1. The van der Waals surface area contributed by atoms with Gasteiger partial charge in [-0.2, -0.15) is 5.10 Å². The van der Waals surface area contributed by atoms with Gasteiger partial charge in [0.15, 0.2) is 11.4 Å². The molecule has 0 aliphatic carbocycles. The summed E-state index contributed by atoms with van der Waals surface area (Å²) in [6.07, 6.45) is 0. The van der Waals surface area contributed by atoms with Crippen LogP contribution in [-0.4, -0.2) is 23.3 Å². The van der Waals surface area contributed by atoms with Crippen molar-refractivity contribution in [3.05, 3.63) is 69.8 Å². The van der Waals surface area contributed by atoms with Gasteiger partial charge in [0.05, 0.1) is 7.11 Å². The average molecular weight is 401 g/mol. The van der Waals surface area contributed by atoms with Gasteiger partial charge in [0.2, 0.25) is 0 Å². The zero-order chi connectivity index (χ0) is 17.8. The van der Waals surface area contributed by atoms with Crippen LogP contribution in [0.3, 0.4) is 0 Å². The summed E-state index contributed by atoms with van der Waals surface area (Å²) >= 11 is 3.41. The monoisotopic (exact) mass is 400 g/mol. The number of rotatable bonds is 5. The highest BCUT2D eigenvalue weighted by Crippen LogP contribution is 2.32. The number of hydrogen-bond acceptors (Lipinski definition) is 4. The van der Waals surface area contributed by atoms with Crippen LogP contribution in [-0.2, 0) is 11.3 Å². The van der Waals surface area contributed by atoms with Crippen LogP contribution in [0.5, 0.6) is 5.75 Å². The third kappa shape index (κ3) is 3.91. The fourth-order valence-electron chi connectivity index (χ4n) is 2.36. The van der Waals surface area contributed by atoms with Crippen molar-refractivity contribution < 1.29 is 14.3 Å². The molecular formula is C19H17BrN2O3. The Labute approximate surface area is 154 Å². The quantitative estimate of drug-likeness (QED) is 0.639. The van der Waals surface area contributed by atoms with Gasteiger partial charge in [-0.15, -0.1) is 0 Å². The van der Waals surface area contributed by atoms with E-state index in [4.69, 9.17) is 9.47 Å². The number of methoxy groups -OCH3 is 1. The molecule has 0 saturated heterocycles. The number of ether oxygens (including phenoxy) is 2. The molecule has 1 N–H and O–H groups in total. The second kappa shape index (κ2) is 7.53. The predicted molar refractivity (Wildman–Crippen MR) is 98.6 cm³/mol. The van der Waals surface area contributed by atoms with Gasteiger partial charge < -0.3 is 9.47 Å². The zero-order valence-electron chi connectivity index (χ0n) is 13.9. The van der Waals surface area contributed by atoms with E-state index >= 15 is 0 Å². The van der Waals surface area contributed by atoms with E-state index in [2.05, 4.69) is 26.1 Å². The maximum absolute atomic E-state index is 12.0. The summed E-state index contributed by atoms with van der Waals surface area (Å²) in [5, 5.41) is 6.97. The molecule has 6 heteroatoms. The van der Waals surface area contributed by atoms with Gasteiger partial charge in [-0.05, 0) is 24.6 Å². The fraction of sp³-hybridized carbons (Fsp3) is 0.158. The molecule has 0 radical (unpaired) electrons. The summed E-state index contributed by atoms with van der Waals surface area (Å²) < 4.78 is 11.7. The third-order valence-corrected chi connectivity index (χ3v) is 4.26. The van der Waals surface area contributed by atoms with Gasteiger partial charge in [-0.3, -0.25) is 5.10 Å². The number of benzene rings is 2. The zero-order valence-corrected chi connectivity index (χ0v) is 15.5. The minimum absolute atomic E-state index is 0.201. The molecule has 1 aromatic heterocycles. The smallest absolute Gasteiger partial charge is 0.360 e. The van der Waals surface area contributed by atoms with Gasteiger partial charge in [0.1, 0.15) is 12.3 Å². The number of aromatic amines is 1. The summed E-state index contributed by atoms with van der Waals surface area (Å²) in [7, 11) is 1.33. The number of carbonyl (C=O) groups is 1. The van der Waals surface area contributed by atoms with Crippen LogP contribution in [0.1, 0.15) is 21.6 Å². The third-order valence-electron chi connectivity index (χ3n) is 3.73. The molecule has 0 amide bonds. The molecule has 0 spiro atoms. The van der Waals surface area contributed by atoms with Crippen molar-refractivity contribution in [2.75, 3.05) is 7.11 Å². The SMILES string of the molecule is COC(=O)c1[nH]nc(-c2ccc(Br)cc2)c1OCc1ccc(C)cc1. The van der Waals surface area contributed by atoms with E-state index in [-0.39, 0.29) is 5.69 Å². The van der Waals surface area contributed by atoms with Crippen LogP contribution in [0.15, 0.2) is 53.0 Å². The summed E-state index contributed by atoms with van der Waals surface area (Å²) in [6, 6.07) is 15.6. The Morgan fingerprint density at radius 2 is 1.80 bits per heavy atom. The number of halogens is 1. The van der Waals surface area contributed by atoms with E-state index in [1.807, 2.05) is 55.5 Å². The van der Waals surface area contributed by atoms with E-state index in [1.54, 1.807) is 0 Å². The molecule has 0 unspecified atom stereocenters. The van der Waals surface area contributed by atoms with E-state index < -0.39 is 5.97 Å². The molecule has 3 aromatic rings. The van der Waals surface area contributed by atoms with Crippen molar-refractivity contribution in [2.45, 2.75) is 13.5 Å². The van der Waals surface area contributed by atoms with E-state index in [0.717, 1.165) is 15.6 Å². The first-order chi connectivity index (χ1) is 12.1. The van der Waals surface area contributed by atoms with E-state index in [1.165, 1.54) is 12.7 Å². The van der Waals surface area contributed by atoms with Gasteiger partial charge >= 0.3 is 5.97 Å². The maximum Gasteiger partial charge on any atom is 0.360 e. The fourth-order valence-corrected chi connectivity index (χ4v) is 2.62. The number of aryl methyl sites for hydroxylation is 1. The maximum atomic E-state index is 12.0. The summed E-state index contributed by atoms with van der Waals surface area (Å²) in [5.41, 5.74) is 3.79. The Bertz CT molecular complexity index is 871. The second-order valence-electron chi connectivity index (χ2n) is 5.55. The summed E-state index contributed by atoms with van der Waals surface area (Å²) in [6.45, 7) is 2.36. The van der Waals surface area contributed by atoms with Crippen LogP contribution in [0, 0.1) is 6.92 Å². The Kier molecular flexibility index (Phi) is 5.19. The molecule has 0 fully saturated rings. The Morgan fingerprint density at radius 1 is 1.12 bits per heavy atom. The van der Waals surface area contributed by atoms with E-state index in [9.17, 15) is 4.79 Å². The lowest BCUT2D eigenvalue weighted by Crippen LogP contribution is -2.05. The van der Waals surface area contributed by atoms with Crippen molar-refractivity contribution in [2.24, 2.45) is 0 Å². The van der Waals surface area contributed by atoms with Crippen LogP contribution < -0.4 is 4.74 Å². The van der Waals surface area contributed by atoms with Crippen LogP contribution in [0.2, 0.25) is 0 Å². The molecule has 1 heterocycles. The molecule has 2 aromatic carbocycles. The topological polar surface area (TPSA) is 64.2 Å². The van der Waals surface area contributed by atoms with Gasteiger partial charge in [-0.1, -0.05) is 57.9 Å². The number of H-pyrrole nitrogens is 1. The number of nitrogens with zero attached hydrogens (tertiary/aromatic N) is 1. The number of esters is 1. The molecule has 5 nitrogen and oxygen atoms in total. The molecule has 25 heavy (non-hydrogen) atoms. The van der Waals surface area contributed by atoms with Crippen LogP contribution >= 0.6 is 15.9 Å². The molecule has 0 bridgehead atoms. The number of nitrogens with one attached hydrogen (secondary N) is 1. The van der Waals surface area contributed by atoms with Crippen LogP contribution in [0.4, 0.5) is 0 Å². The van der Waals surface area contributed by atoms with Gasteiger partial charge in [0.25, 0.3) is 0 Å². The molecule has 128 valence electrons. The predicted octanol–water partition coefficient (Wildman–Crippen LogP) is 4.51. The second-order valence-corrected chi connectivity index (χ2v) is 6.46. The van der Waals surface area contributed by atoms with Crippen molar-refractivity contribution >= 4 is 21.9 Å². The molecule has 0 saturated carbocycles. The first kappa shape index (κ1) is 17.2. The molecule has 0 aliphatic heterocycles. The molecule has 0 atom stereocenters. The standard InChI is InChI=1S/C19H17BrN2O3/c1-12-3-5-13(6-4-12)11-25-18-16(14-7-9-15(20)10-8-14)21-22-17(18)19(23)24-2/h3-10H,11H2,1-2H3,(H,21,22). The van der Waals surface area contributed by atoms with Gasteiger partial charge in [-0.25, -0.2) is 4.79 Å². The summed E-state index contributed by atoms with van der Waals surface area (Å²) in [4.78, 5) is 12.0. The molecular weight excluding hydrogens is 384 g/mol. The van der Waals surface area contributed by atoms with Crippen molar-refractivity contribution in [1.29, 1.82) is 0 Å². The lowest BCUT2D eigenvalue weighted by atomic mass is 10.1. The summed E-state index contributed by atoms with van der Waals surface area (Å²) in [5.74, 6) is -0.135. The first-order valence-corrected chi connectivity index (χ1v) is 8.48. The first-order valence-electron chi connectivity index (χ1n) is 7.69. The van der Waals surface area contributed by atoms with Crippen molar-refractivity contribution in [1.82, 2.24) is 10.2 Å². The normalized spacial score (nSPS) is 10.5. The highest BCUT2D eigenvalue weighted by atomic mass is 79.9. The Hall–Kier alpha value is -2.60. The Balaban J connectivity index is 1.93. The van der Waals surface area contributed by atoms with Crippen LogP contribution in [0.25, 0.3) is 11.3 Å².